The van der Waals surface area contributed by atoms with E-state index in [-0.39, 0.29) is 5.91 Å². The van der Waals surface area contributed by atoms with E-state index in [1.165, 1.54) is 0 Å². The number of nitrogens with one attached hydrogen (secondary N) is 1. The van der Waals surface area contributed by atoms with Gasteiger partial charge in [-0.25, -0.2) is 5.84 Å². The minimum absolute atomic E-state index is 0.186. The number of hydrogen-bond acceptors (Lipinski definition) is 2. The zero-order valence-corrected chi connectivity index (χ0v) is 8.16. The number of hydrogen-bond donors (Lipinski definition) is 2. The number of aryl methyl sites for hydroxylation is 1. The first-order valence-corrected chi connectivity index (χ1v) is 4.13. The lowest BCUT2D eigenvalue weighted by atomic mass is 9.88. The van der Waals surface area contributed by atoms with Gasteiger partial charge in [-0.05, 0) is 26.0 Å². The molecule has 0 aliphatic carbocycles. The predicted octanol–water partition coefficient (Wildman–Crippen LogP) is 0.293. The van der Waals surface area contributed by atoms with Gasteiger partial charge in [0.25, 0.3) is 0 Å². The fourth-order valence-electron chi connectivity index (χ4n) is 1.41. The summed E-state index contributed by atoms with van der Waals surface area (Å²) in [5, 5.41) is 0. The molecule has 1 aromatic heterocycles. The first-order valence-electron chi connectivity index (χ1n) is 4.13. The summed E-state index contributed by atoms with van der Waals surface area (Å²) in [7, 11) is 1.90. The second-order valence-corrected chi connectivity index (χ2v) is 3.60. The van der Waals surface area contributed by atoms with Crippen LogP contribution in [0.1, 0.15) is 19.5 Å². The molecule has 1 heterocycles. The molecule has 1 aromatic rings. The second kappa shape index (κ2) is 3.22. The number of hydrazine groups is 1. The molecule has 72 valence electrons. The Morgan fingerprint density at radius 2 is 2.23 bits per heavy atom. The largest absolute Gasteiger partial charge is 0.353 e. The van der Waals surface area contributed by atoms with Crippen molar-refractivity contribution in [3.05, 3.63) is 24.0 Å². The molecular formula is C9H15N3O. The van der Waals surface area contributed by atoms with Crippen molar-refractivity contribution in [3.8, 4) is 0 Å². The van der Waals surface area contributed by atoms with Gasteiger partial charge in [-0.1, -0.05) is 0 Å². The Morgan fingerprint density at radius 1 is 1.62 bits per heavy atom. The number of rotatable bonds is 2. The van der Waals surface area contributed by atoms with Crippen molar-refractivity contribution in [3.63, 3.8) is 0 Å². The summed E-state index contributed by atoms with van der Waals surface area (Å²) < 4.78 is 1.91. The fraction of sp³-hybridized carbons (Fsp3) is 0.444. The highest BCUT2D eigenvalue weighted by molar-refractivity contribution is 5.86. The van der Waals surface area contributed by atoms with Gasteiger partial charge in [-0.3, -0.25) is 10.2 Å². The lowest BCUT2D eigenvalue weighted by molar-refractivity contribution is -0.125. The van der Waals surface area contributed by atoms with Crippen molar-refractivity contribution in [1.82, 2.24) is 9.99 Å². The second-order valence-electron chi connectivity index (χ2n) is 3.60. The van der Waals surface area contributed by atoms with Gasteiger partial charge in [0.05, 0.1) is 5.41 Å². The minimum atomic E-state index is -0.590. The van der Waals surface area contributed by atoms with Crippen molar-refractivity contribution in [2.75, 3.05) is 0 Å². The Hall–Kier alpha value is -1.29. The number of amides is 1. The van der Waals surface area contributed by atoms with Crippen LogP contribution in [-0.4, -0.2) is 10.5 Å². The van der Waals surface area contributed by atoms with Gasteiger partial charge >= 0.3 is 0 Å². The van der Waals surface area contributed by atoms with Crippen LogP contribution in [0, 0.1) is 0 Å². The summed E-state index contributed by atoms with van der Waals surface area (Å²) in [4.78, 5) is 11.4. The van der Waals surface area contributed by atoms with E-state index in [1.54, 1.807) is 0 Å². The molecule has 0 saturated carbocycles. The van der Waals surface area contributed by atoms with E-state index in [0.29, 0.717) is 0 Å². The van der Waals surface area contributed by atoms with Crippen LogP contribution < -0.4 is 11.3 Å². The third kappa shape index (κ3) is 1.58. The van der Waals surface area contributed by atoms with Crippen LogP contribution in [0.5, 0.6) is 0 Å². The molecule has 3 N–H and O–H groups in total. The first kappa shape index (κ1) is 9.80. The first-order chi connectivity index (χ1) is 6.00. The molecule has 0 saturated heterocycles. The quantitative estimate of drug-likeness (QED) is 0.391. The molecule has 0 spiro atoms. The SMILES string of the molecule is Cn1cccc1C(C)(C)C(=O)NN. The van der Waals surface area contributed by atoms with E-state index in [2.05, 4.69) is 5.43 Å². The Kier molecular flexibility index (Phi) is 2.43. The zero-order chi connectivity index (χ0) is 10.1. The average molecular weight is 181 g/mol. The van der Waals surface area contributed by atoms with Crippen LogP contribution in [0.4, 0.5) is 0 Å². The highest BCUT2D eigenvalue weighted by atomic mass is 16.2. The zero-order valence-electron chi connectivity index (χ0n) is 8.16. The van der Waals surface area contributed by atoms with E-state index in [4.69, 9.17) is 5.84 Å². The molecule has 1 rings (SSSR count). The van der Waals surface area contributed by atoms with E-state index in [9.17, 15) is 4.79 Å². The molecule has 0 bridgehead atoms. The molecule has 0 atom stereocenters. The van der Waals surface area contributed by atoms with E-state index < -0.39 is 5.41 Å². The molecule has 4 heteroatoms. The molecule has 4 nitrogen and oxygen atoms in total. The summed E-state index contributed by atoms with van der Waals surface area (Å²) in [5.41, 5.74) is 2.52. The summed E-state index contributed by atoms with van der Waals surface area (Å²) in [6, 6.07) is 3.82. The molecule has 1 amide bonds. The third-order valence-corrected chi connectivity index (χ3v) is 2.28. The lowest BCUT2D eigenvalue weighted by Gasteiger charge is -2.23. The molecule has 13 heavy (non-hydrogen) atoms. The maximum Gasteiger partial charge on any atom is 0.245 e. The van der Waals surface area contributed by atoms with Crippen molar-refractivity contribution >= 4 is 5.91 Å². The van der Waals surface area contributed by atoms with Crippen molar-refractivity contribution in [2.24, 2.45) is 12.9 Å². The topological polar surface area (TPSA) is 60.0 Å². The van der Waals surface area contributed by atoms with Crippen molar-refractivity contribution in [1.29, 1.82) is 0 Å². The summed E-state index contributed by atoms with van der Waals surface area (Å²) >= 11 is 0. The van der Waals surface area contributed by atoms with Gasteiger partial charge < -0.3 is 4.57 Å². The van der Waals surface area contributed by atoms with Crippen LogP contribution in [0.25, 0.3) is 0 Å². The van der Waals surface area contributed by atoms with Crippen LogP contribution in [0.15, 0.2) is 18.3 Å². The molecule has 0 unspecified atom stereocenters. The highest BCUT2D eigenvalue weighted by Crippen LogP contribution is 2.22. The normalized spacial score (nSPS) is 11.4. The van der Waals surface area contributed by atoms with Crippen LogP contribution in [-0.2, 0) is 17.3 Å². The van der Waals surface area contributed by atoms with Crippen LogP contribution in [0.2, 0.25) is 0 Å². The molecule has 0 aromatic carbocycles. The van der Waals surface area contributed by atoms with E-state index >= 15 is 0 Å². The third-order valence-electron chi connectivity index (χ3n) is 2.28. The monoisotopic (exact) mass is 181 g/mol. The minimum Gasteiger partial charge on any atom is -0.353 e. The Labute approximate surface area is 77.7 Å². The number of aromatic nitrogens is 1. The standard InChI is InChI=1S/C9H15N3O/c1-9(2,8(13)11-10)7-5-4-6-12(7)3/h4-6H,10H2,1-3H3,(H,11,13). The number of nitrogens with zero attached hydrogens (tertiary/aromatic N) is 1. The van der Waals surface area contributed by atoms with Crippen molar-refractivity contribution in [2.45, 2.75) is 19.3 Å². The predicted molar refractivity (Wildman–Crippen MR) is 50.8 cm³/mol. The lowest BCUT2D eigenvalue weighted by Crippen LogP contribution is -2.44. The van der Waals surface area contributed by atoms with E-state index in [1.807, 2.05) is 43.8 Å². The van der Waals surface area contributed by atoms with Crippen LogP contribution in [0.3, 0.4) is 0 Å². The van der Waals surface area contributed by atoms with Crippen molar-refractivity contribution < 1.29 is 4.79 Å². The number of carbonyl (C=O) groups is 1. The Morgan fingerprint density at radius 3 is 2.62 bits per heavy atom. The smallest absolute Gasteiger partial charge is 0.245 e. The fourth-order valence-corrected chi connectivity index (χ4v) is 1.41. The average Bonchev–Trinajstić information content (AvgIpc) is 2.50. The summed E-state index contributed by atoms with van der Waals surface area (Å²) in [6.07, 6.45) is 1.90. The summed E-state index contributed by atoms with van der Waals surface area (Å²) in [5.74, 6) is 4.92. The maximum absolute atomic E-state index is 11.4. The van der Waals surface area contributed by atoms with Crippen LogP contribution >= 0.6 is 0 Å². The van der Waals surface area contributed by atoms with Gasteiger partial charge in [0, 0.05) is 18.9 Å². The molecule has 0 radical (unpaired) electrons. The van der Waals surface area contributed by atoms with Gasteiger partial charge in [0.15, 0.2) is 0 Å². The summed E-state index contributed by atoms with van der Waals surface area (Å²) in [6.45, 7) is 3.68. The van der Waals surface area contributed by atoms with E-state index in [0.717, 1.165) is 5.69 Å². The maximum atomic E-state index is 11.4. The molecule has 0 aliphatic heterocycles. The Balaban J connectivity index is 3.07. The van der Waals surface area contributed by atoms with Gasteiger partial charge in [0.1, 0.15) is 0 Å². The van der Waals surface area contributed by atoms with Gasteiger partial charge in [-0.2, -0.15) is 0 Å². The highest BCUT2D eigenvalue weighted by Gasteiger charge is 2.30. The Bertz CT molecular complexity index is 314. The molecule has 0 fully saturated rings. The van der Waals surface area contributed by atoms with Gasteiger partial charge in [-0.15, -0.1) is 0 Å². The molecule has 0 aliphatic rings. The number of carbonyl (C=O) groups excluding carboxylic acids is 1. The number of nitrogens with two attached hydrogens (primary N) is 1. The molecular weight excluding hydrogens is 166 g/mol. The van der Waals surface area contributed by atoms with Gasteiger partial charge in [0.2, 0.25) is 5.91 Å².